The molecule has 7 heteroatoms. The van der Waals surface area contributed by atoms with Gasteiger partial charge in [-0.15, -0.1) is 11.3 Å². The Hall–Kier alpha value is -0.560. The predicted octanol–water partition coefficient (Wildman–Crippen LogP) is 5.64. The second-order valence-corrected chi connectivity index (χ2v) is 7.74. The summed E-state index contributed by atoms with van der Waals surface area (Å²) in [4.78, 5) is 13.1. The van der Waals surface area contributed by atoms with Crippen molar-refractivity contribution in [3.05, 3.63) is 48.5 Å². The van der Waals surface area contributed by atoms with Crippen LogP contribution in [0.3, 0.4) is 0 Å². The van der Waals surface area contributed by atoms with E-state index >= 15 is 0 Å². The third-order valence-electron chi connectivity index (χ3n) is 2.64. The van der Waals surface area contributed by atoms with Gasteiger partial charge in [-0.1, -0.05) is 23.7 Å². The molecule has 112 valence electrons. The lowest BCUT2D eigenvalue weighted by molar-refractivity contribution is -0.144. The summed E-state index contributed by atoms with van der Waals surface area (Å²) in [5.74, 6) is -0.335. The maximum atomic E-state index is 12.2. The molecule has 0 saturated heterocycles. The minimum Gasteiger partial charge on any atom is -0.464 e. The molecular weight excluding hydrogens is 441 g/mol. The zero-order chi connectivity index (χ0) is 15.4. The molecule has 3 nitrogen and oxygen atoms in total. The van der Waals surface area contributed by atoms with E-state index in [0.29, 0.717) is 17.3 Å². The molecule has 1 aromatic heterocycles. The highest BCUT2D eigenvalue weighted by molar-refractivity contribution is 9.13. The van der Waals surface area contributed by atoms with Crippen LogP contribution in [0, 0.1) is 0 Å². The number of carbonyl (C=O) groups excluding carboxylic acids is 1. The van der Waals surface area contributed by atoms with Crippen LogP contribution in [0.2, 0.25) is 5.02 Å². The number of hydrogen-bond donors (Lipinski definition) is 1. The summed E-state index contributed by atoms with van der Waals surface area (Å²) in [6.07, 6.45) is 0. The van der Waals surface area contributed by atoms with Crippen molar-refractivity contribution in [2.24, 2.45) is 0 Å². The summed E-state index contributed by atoms with van der Waals surface area (Å²) in [7, 11) is 0. The largest absolute Gasteiger partial charge is 0.464 e. The van der Waals surface area contributed by atoms with Crippen LogP contribution in [0.1, 0.15) is 17.8 Å². The van der Waals surface area contributed by atoms with E-state index in [1.807, 2.05) is 24.3 Å². The van der Waals surface area contributed by atoms with Crippen LogP contribution in [0.15, 0.2) is 38.6 Å². The van der Waals surface area contributed by atoms with E-state index in [1.165, 1.54) is 11.3 Å². The molecule has 0 amide bonds. The lowest BCUT2D eigenvalue weighted by Crippen LogP contribution is -2.22. The van der Waals surface area contributed by atoms with Gasteiger partial charge in [0, 0.05) is 9.35 Å². The Balaban J connectivity index is 2.32. The average molecular weight is 454 g/mol. The number of ether oxygens (including phenoxy) is 1. The van der Waals surface area contributed by atoms with E-state index in [2.05, 4.69) is 37.2 Å². The fourth-order valence-electron chi connectivity index (χ4n) is 1.71. The zero-order valence-electron chi connectivity index (χ0n) is 11.0. The Bertz CT molecular complexity index is 628. The van der Waals surface area contributed by atoms with Gasteiger partial charge in [0.15, 0.2) is 6.04 Å². The second-order valence-electron chi connectivity index (χ2n) is 4.08. The van der Waals surface area contributed by atoms with E-state index in [0.717, 1.165) is 13.1 Å². The van der Waals surface area contributed by atoms with Crippen LogP contribution >= 0.6 is 54.8 Å². The summed E-state index contributed by atoms with van der Waals surface area (Å²) in [6.45, 7) is 2.11. The van der Waals surface area contributed by atoms with Crippen molar-refractivity contribution >= 4 is 66.5 Å². The number of nitrogens with one attached hydrogen (secondary N) is 1. The third kappa shape index (κ3) is 4.22. The lowest BCUT2D eigenvalue weighted by atomic mass is 10.2. The number of halogens is 3. The van der Waals surface area contributed by atoms with Crippen molar-refractivity contribution in [2.45, 2.75) is 13.0 Å². The van der Waals surface area contributed by atoms with Gasteiger partial charge in [-0.25, -0.2) is 4.79 Å². The fraction of sp³-hybridized carbons (Fsp3) is 0.214. The first-order chi connectivity index (χ1) is 10.0. The minimum absolute atomic E-state index is 0.327. The average Bonchev–Trinajstić information content (AvgIpc) is 2.77. The Kier molecular flexibility index (Phi) is 6.10. The van der Waals surface area contributed by atoms with Gasteiger partial charge in [0.05, 0.1) is 21.1 Å². The highest BCUT2D eigenvalue weighted by Gasteiger charge is 2.25. The smallest absolute Gasteiger partial charge is 0.334 e. The molecule has 1 unspecified atom stereocenters. The second kappa shape index (κ2) is 7.63. The molecule has 0 aliphatic carbocycles. The quantitative estimate of drug-likeness (QED) is 0.595. The predicted molar refractivity (Wildman–Crippen MR) is 94.2 cm³/mol. The number of anilines is 1. The lowest BCUT2D eigenvalue weighted by Gasteiger charge is -2.18. The normalized spacial score (nSPS) is 12.0. The number of hydrogen-bond acceptors (Lipinski definition) is 4. The summed E-state index contributed by atoms with van der Waals surface area (Å²) in [6, 6.07) is 8.58. The van der Waals surface area contributed by atoms with E-state index < -0.39 is 6.04 Å². The number of thiophene rings is 1. The molecule has 1 N–H and O–H groups in total. The molecule has 1 atom stereocenters. The van der Waals surface area contributed by atoms with Crippen molar-refractivity contribution < 1.29 is 9.53 Å². The Morgan fingerprint density at radius 3 is 2.71 bits per heavy atom. The summed E-state index contributed by atoms with van der Waals surface area (Å²) in [5.41, 5.74) is 0.692. The Morgan fingerprint density at radius 2 is 2.14 bits per heavy atom. The van der Waals surface area contributed by atoms with Gasteiger partial charge in [-0.05, 0) is 57.0 Å². The molecule has 0 aliphatic heterocycles. The molecule has 0 aliphatic rings. The van der Waals surface area contributed by atoms with Gasteiger partial charge in [0.2, 0.25) is 0 Å². The van der Waals surface area contributed by atoms with Gasteiger partial charge in [0.1, 0.15) is 0 Å². The number of esters is 1. The maximum Gasteiger partial charge on any atom is 0.334 e. The molecule has 0 spiro atoms. The molecule has 0 saturated carbocycles. The molecule has 0 fully saturated rings. The van der Waals surface area contributed by atoms with Crippen molar-refractivity contribution in [3.63, 3.8) is 0 Å². The van der Waals surface area contributed by atoms with Crippen LogP contribution in [0.25, 0.3) is 0 Å². The first-order valence-electron chi connectivity index (χ1n) is 6.15. The summed E-state index contributed by atoms with van der Waals surface area (Å²) >= 11 is 14.5. The number of para-hydroxylation sites is 1. The Morgan fingerprint density at radius 1 is 1.43 bits per heavy atom. The molecule has 2 aromatic rings. The van der Waals surface area contributed by atoms with Gasteiger partial charge in [-0.2, -0.15) is 0 Å². The van der Waals surface area contributed by atoms with Crippen LogP contribution in [-0.4, -0.2) is 12.6 Å². The molecule has 0 radical (unpaired) electrons. The van der Waals surface area contributed by atoms with Crippen molar-refractivity contribution in [1.29, 1.82) is 0 Å². The molecule has 21 heavy (non-hydrogen) atoms. The first kappa shape index (κ1) is 16.8. The molecule has 0 bridgehead atoms. The maximum absolute atomic E-state index is 12.2. The van der Waals surface area contributed by atoms with Crippen LogP contribution in [0.5, 0.6) is 0 Å². The summed E-state index contributed by atoms with van der Waals surface area (Å²) < 4.78 is 6.98. The summed E-state index contributed by atoms with van der Waals surface area (Å²) in [5, 5.41) is 3.71. The van der Waals surface area contributed by atoms with Crippen molar-refractivity contribution in [1.82, 2.24) is 0 Å². The highest BCUT2D eigenvalue weighted by Crippen LogP contribution is 2.37. The molecule has 2 rings (SSSR count). The van der Waals surface area contributed by atoms with Gasteiger partial charge >= 0.3 is 5.97 Å². The monoisotopic (exact) mass is 451 g/mol. The van der Waals surface area contributed by atoms with Crippen LogP contribution in [0.4, 0.5) is 5.69 Å². The van der Waals surface area contributed by atoms with Gasteiger partial charge in [0.25, 0.3) is 0 Å². The van der Waals surface area contributed by atoms with Gasteiger partial charge in [-0.3, -0.25) is 0 Å². The molecule has 1 heterocycles. The van der Waals surface area contributed by atoms with Gasteiger partial charge < -0.3 is 10.1 Å². The number of benzene rings is 1. The fourth-order valence-corrected chi connectivity index (χ4v) is 4.03. The van der Waals surface area contributed by atoms with E-state index in [4.69, 9.17) is 16.3 Å². The zero-order valence-corrected chi connectivity index (χ0v) is 15.8. The molecule has 1 aromatic carbocycles. The van der Waals surface area contributed by atoms with Crippen molar-refractivity contribution in [3.8, 4) is 0 Å². The minimum atomic E-state index is -0.600. The SMILES string of the molecule is CCOC(=O)C(Nc1ccccc1Cl)c1cc(Br)c(Br)s1. The van der Waals surface area contributed by atoms with Crippen LogP contribution < -0.4 is 5.32 Å². The number of rotatable bonds is 5. The highest BCUT2D eigenvalue weighted by atomic mass is 79.9. The Labute approximate surface area is 148 Å². The topological polar surface area (TPSA) is 38.3 Å². The van der Waals surface area contributed by atoms with E-state index in [1.54, 1.807) is 13.0 Å². The first-order valence-corrected chi connectivity index (χ1v) is 8.93. The van der Waals surface area contributed by atoms with Crippen molar-refractivity contribution in [2.75, 3.05) is 11.9 Å². The number of carbonyl (C=O) groups is 1. The molecular formula is C14H12Br2ClNO2S. The van der Waals surface area contributed by atoms with E-state index in [9.17, 15) is 4.79 Å². The third-order valence-corrected chi connectivity index (χ3v) is 6.30. The standard InChI is InChI=1S/C14H12Br2ClNO2S/c1-2-20-14(19)12(11-7-8(15)13(16)21-11)18-10-6-4-3-5-9(10)17/h3-7,12,18H,2H2,1H3. The van der Waals surface area contributed by atoms with Crippen LogP contribution in [-0.2, 0) is 9.53 Å². The van der Waals surface area contributed by atoms with E-state index in [-0.39, 0.29) is 5.97 Å².